The number of carboxylic acids is 1. The van der Waals surface area contributed by atoms with E-state index in [0.29, 0.717) is 6.04 Å². The van der Waals surface area contributed by atoms with Crippen LogP contribution in [0.4, 0.5) is 0 Å². The number of nitrogens with zero attached hydrogens (tertiary/aromatic N) is 1. The Labute approximate surface area is 111 Å². The van der Waals surface area contributed by atoms with Crippen LogP contribution >= 0.6 is 0 Å². The van der Waals surface area contributed by atoms with Gasteiger partial charge in [-0.1, -0.05) is 19.8 Å². The lowest BCUT2D eigenvalue weighted by atomic mass is 9.81. The van der Waals surface area contributed by atoms with Crippen LogP contribution in [0.2, 0.25) is 0 Å². The molecule has 0 amide bonds. The van der Waals surface area contributed by atoms with Gasteiger partial charge < -0.3 is 5.11 Å². The molecule has 4 atom stereocenters. The van der Waals surface area contributed by atoms with Crippen LogP contribution in [0.5, 0.6) is 0 Å². The van der Waals surface area contributed by atoms with E-state index in [1.54, 1.807) is 0 Å². The Morgan fingerprint density at radius 2 is 2.00 bits per heavy atom. The highest BCUT2D eigenvalue weighted by atomic mass is 16.4. The first-order valence-corrected chi connectivity index (χ1v) is 7.53. The van der Waals surface area contributed by atoms with Crippen molar-refractivity contribution in [2.45, 2.75) is 58.4 Å². The molecule has 1 aliphatic carbocycles. The number of carbonyl (C=O) groups is 1. The van der Waals surface area contributed by atoms with E-state index >= 15 is 0 Å². The molecular weight excluding hydrogens is 226 g/mol. The van der Waals surface area contributed by atoms with E-state index in [0.717, 1.165) is 37.8 Å². The molecule has 1 heterocycles. The van der Waals surface area contributed by atoms with Gasteiger partial charge in [-0.05, 0) is 44.4 Å². The fourth-order valence-electron chi connectivity index (χ4n) is 3.69. The first kappa shape index (κ1) is 13.9. The van der Waals surface area contributed by atoms with Crippen molar-refractivity contribution in [3.05, 3.63) is 0 Å². The Balaban J connectivity index is 1.87. The highest BCUT2D eigenvalue weighted by Gasteiger charge is 2.31. The average Bonchev–Trinajstić information content (AvgIpc) is 2.31. The molecule has 0 aromatic heterocycles. The van der Waals surface area contributed by atoms with Crippen LogP contribution in [0.15, 0.2) is 0 Å². The van der Waals surface area contributed by atoms with E-state index in [2.05, 4.69) is 18.7 Å². The summed E-state index contributed by atoms with van der Waals surface area (Å²) >= 11 is 0. The first-order valence-electron chi connectivity index (χ1n) is 7.53. The Morgan fingerprint density at radius 3 is 2.67 bits per heavy atom. The molecule has 0 bridgehead atoms. The maximum atomic E-state index is 11.1. The summed E-state index contributed by atoms with van der Waals surface area (Å²) in [5.41, 5.74) is 0. The summed E-state index contributed by atoms with van der Waals surface area (Å²) in [4.78, 5) is 13.6. The van der Waals surface area contributed by atoms with Crippen LogP contribution in [-0.2, 0) is 4.79 Å². The van der Waals surface area contributed by atoms with Gasteiger partial charge in [-0.3, -0.25) is 9.69 Å². The van der Waals surface area contributed by atoms with Crippen molar-refractivity contribution in [2.75, 3.05) is 13.1 Å². The summed E-state index contributed by atoms with van der Waals surface area (Å²) < 4.78 is 0. The van der Waals surface area contributed by atoms with Crippen LogP contribution < -0.4 is 0 Å². The van der Waals surface area contributed by atoms with Crippen molar-refractivity contribution in [1.82, 2.24) is 4.90 Å². The van der Waals surface area contributed by atoms with Gasteiger partial charge in [-0.2, -0.15) is 0 Å². The van der Waals surface area contributed by atoms with Gasteiger partial charge in [0.2, 0.25) is 0 Å². The summed E-state index contributed by atoms with van der Waals surface area (Å²) in [5, 5.41) is 9.16. The minimum absolute atomic E-state index is 0.137. The zero-order chi connectivity index (χ0) is 13.1. The van der Waals surface area contributed by atoms with Crippen molar-refractivity contribution >= 4 is 5.97 Å². The fourth-order valence-corrected chi connectivity index (χ4v) is 3.69. The van der Waals surface area contributed by atoms with Crippen LogP contribution in [0.3, 0.4) is 0 Å². The Morgan fingerprint density at radius 1 is 1.22 bits per heavy atom. The molecule has 18 heavy (non-hydrogen) atoms. The predicted molar refractivity (Wildman–Crippen MR) is 72.5 cm³/mol. The van der Waals surface area contributed by atoms with Gasteiger partial charge in [-0.15, -0.1) is 0 Å². The van der Waals surface area contributed by atoms with Gasteiger partial charge in [0.1, 0.15) is 0 Å². The van der Waals surface area contributed by atoms with Gasteiger partial charge in [0, 0.05) is 19.1 Å². The van der Waals surface area contributed by atoms with Crippen molar-refractivity contribution in [2.24, 2.45) is 17.8 Å². The minimum Gasteiger partial charge on any atom is -0.481 e. The van der Waals surface area contributed by atoms with E-state index in [-0.39, 0.29) is 5.92 Å². The average molecular weight is 253 g/mol. The van der Waals surface area contributed by atoms with Gasteiger partial charge in [0.05, 0.1) is 5.92 Å². The van der Waals surface area contributed by atoms with E-state index in [9.17, 15) is 4.79 Å². The number of likely N-dealkylation sites (tertiary alicyclic amines) is 1. The third kappa shape index (κ3) is 3.47. The van der Waals surface area contributed by atoms with Gasteiger partial charge in [0.15, 0.2) is 0 Å². The van der Waals surface area contributed by atoms with Gasteiger partial charge in [-0.25, -0.2) is 0 Å². The van der Waals surface area contributed by atoms with E-state index < -0.39 is 5.97 Å². The second-order valence-corrected chi connectivity index (χ2v) is 6.55. The molecule has 4 unspecified atom stereocenters. The first-order chi connectivity index (χ1) is 8.56. The normalized spacial score (nSPS) is 38.6. The number of hydrogen-bond acceptors (Lipinski definition) is 2. The third-order valence-electron chi connectivity index (χ3n) is 4.90. The zero-order valence-corrected chi connectivity index (χ0v) is 11.8. The molecule has 1 saturated carbocycles. The standard InChI is InChI=1S/C15H27NO2/c1-11-4-3-5-13(8-11)9-16-10-14(15(17)18)7-6-12(16)2/h11-14H,3-10H2,1-2H3,(H,17,18). The number of piperidine rings is 1. The predicted octanol–water partition coefficient (Wildman–Crippen LogP) is 3.00. The van der Waals surface area contributed by atoms with Crippen molar-refractivity contribution in [3.8, 4) is 0 Å². The van der Waals surface area contributed by atoms with Crippen LogP contribution in [0, 0.1) is 17.8 Å². The molecule has 1 aliphatic heterocycles. The molecular formula is C15H27NO2. The largest absolute Gasteiger partial charge is 0.481 e. The minimum atomic E-state index is -0.607. The molecule has 2 rings (SSSR count). The molecule has 2 aliphatic rings. The molecule has 0 radical (unpaired) electrons. The highest BCUT2D eigenvalue weighted by molar-refractivity contribution is 5.70. The van der Waals surface area contributed by atoms with Crippen molar-refractivity contribution in [3.63, 3.8) is 0 Å². The topological polar surface area (TPSA) is 40.5 Å². The molecule has 1 N–H and O–H groups in total. The van der Waals surface area contributed by atoms with Crippen LogP contribution in [-0.4, -0.2) is 35.1 Å². The fraction of sp³-hybridized carbons (Fsp3) is 0.933. The Hall–Kier alpha value is -0.570. The third-order valence-corrected chi connectivity index (χ3v) is 4.90. The molecule has 0 spiro atoms. The van der Waals surface area contributed by atoms with Gasteiger partial charge >= 0.3 is 5.97 Å². The van der Waals surface area contributed by atoms with Crippen molar-refractivity contribution < 1.29 is 9.90 Å². The second-order valence-electron chi connectivity index (χ2n) is 6.55. The summed E-state index contributed by atoms with van der Waals surface area (Å²) in [6.45, 7) is 6.49. The number of hydrogen-bond donors (Lipinski definition) is 1. The molecule has 2 fully saturated rings. The molecule has 104 valence electrons. The molecule has 1 saturated heterocycles. The number of aliphatic carboxylic acids is 1. The van der Waals surface area contributed by atoms with E-state index in [1.807, 2.05) is 0 Å². The number of carboxylic acid groups (broad SMARTS) is 1. The SMILES string of the molecule is CC1CCCC(CN2CC(C(=O)O)CCC2C)C1. The monoisotopic (exact) mass is 253 g/mol. The maximum absolute atomic E-state index is 11.1. The second kappa shape index (κ2) is 6.05. The van der Waals surface area contributed by atoms with Gasteiger partial charge in [0.25, 0.3) is 0 Å². The summed E-state index contributed by atoms with van der Waals surface area (Å²) in [6.07, 6.45) is 7.31. The zero-order valence-electron chi connectivity index (χ0n) is 11.8. The number of rotatable bonds is 3. The summed E-state index contributed by atoms with van der Waals surface area (Å²) in [6, 6.07) is 0.567. The molecule has 0 aromatic rings. The Bertz CT molecular complexity index is 292. The maximum Gasteiger partial charge on any atom is 0.307 e. The molecule has 3 heteroatoms. The van der Waals surface area contributed by atoms with Crippen molar-refractivity contribution in [1.29, 1.82) is 0 Å². The smallest absolute Gasteiger partial charge is 0.307 e. The summed E-state index contributed by atoms with van der Waals surface area (Å²) in [5.74, 6) is 0.911. The molecule has 0 aromatic carbocycles. The highest BCUT2D eigenvalue weighted by Crippen LogP contribution is 2.31. The molecule has 3 nitrogen and oxygen atoms in total. The van der Waals surface area contributed by atoms with E-state index in [4.69, 9.17) is 5.11 Å². The lowest BCUT2D eigenvalue weighted by molar-refractivity contribution is -0.144. The van der Waals surface area contributed by atoms with Crippen LogP contribution in [0.1, 0.15) is 52.4 Å². The van der Waals surface area contributed by atoms with E-state index in [1.165, 1.54) is 25.7 Å². The lowest BCUT2D eigenvalue weighted by Crippen LogP contribution is -2.46. The lowest BCUT2D eigenvalue weighted by Gasteiger charge is -2.40. The van der Waals surface area contributed by atoms with Crippen LogP contribution in [0.25, 0.3) is 0 Å². The quantitative estimate of drug-likeness (QED) is 0.840. The summed E-state index contributed by atoms with van der Waals surface area (Å²) in [7, 11) is 0. The Kier molecular flexibility index (Phi) is 4.66.